The zero-order chi connectivity index (χ0) is 12.5. The number of ether oxygens (including phenoxy) is 1. The lowest BCUT2D eigenvalue weighted by Gasteiger charge is -2.24. The fraction of sp³-hybridized carbons (Fsp3) is 1.00. The molecule has 0 aromatic carbocycles. The molecule has 0 spiro atoms. The zero-order valence-corrected chi connectivity index (χ0v) is 12.0. The summed E-state index contributed by atoms with van der Waals surface area (Å²) in [5.41, 5.74) is 0. The van der Waals surface area contributed by atoms with Gasteiger partial charge in [0.05, 0.1) is 6.10 Å². The molecule has 0 saturated heterocycles. The summed E-state index contributed by atoms with van der Waals surface area (Å²) in [5, 5.41) is 3.65. The van der Waals surface area contributed by atoms with Crippen molar-refractivity contribution in [2.75, 3.05) is 13.2 Å². The second-order valence-corrected chi connectivity index (χ2v) is 5.96. The highest BCUT2D eigenvalue weighted by molar-refractivity contribution is 4.72. The van der Waals surface area contributed by atoms with Gasteiger partial charge >= 0.3 is 0 Å². The van der Waals surface area contributed by atoms with Gasteiger partial charge in [-0.1, -0.05) is 33.1 Å². The van der Waals surface area contributed by atoms with Crippen molar-refractivity contribution >= 4 is 0 Å². The van der Waals surface area contributed by atoms with Crippen LogP contribution in [-0.4, -0.2) is 25.3 Å². The molecule has 0 aromatic rings. The number of hydrogen-bond acceptors (Lipinski definition) is 2. The lowest BCUT2D eigenvalue weighted by atomic mass is 9.95. The van der Waals surface area contributed by atoms with E-state index in [0.717, 1.165) is 25.1 Å². The second kappa shape index (κ2) is 8.93. The molecule has 1 saturated carbocycles. The number of nitrogens with one attached hydrogen (secondary N) is 1. The van der Waals surface area contributed by atoms with E-state index in [1.165, 1.54) is 44.9 Å². The maximum atomic E-state index is 5.82. The third kappa shape index (κ3) is 7.77. The standard InChI is InChI=1S/C15H31NO/c1-13(2)8-7-11-17-14(3)12-16-15-9-5-4-6-10-15/h13-16H,4-12H2,1-3H3. The Balaban J connectivity index is 1.94. The van der Waals surface area contributed by atoms with Crippen molar-refractivity contribution in [2.24, 2.45) is 5.92 Å². The van der Waals surface area contributed by atoms with Crippen molar-refractivity contribution in [1.29, 1.82) is 0 Å². The third-order valence-corrected chi connectivity index (χ3v) is 3.63. The first-order valence-corrected chi connectivity index (χ1v) is 7.53. The van der Waals surface area contributed by atoms with E-state index in [1.54, 1.807) is 0 Å². The molecule has 0 radical (unpaired) electrons. The van der Waals surface area contributed by atoms with Gasteiger partial charge in [-0.05, 0) is 38.5 Å². The Kier molecular flexibility index (Phi) is 7.87. The summed E-state index contributed by atoms with van der Waals surface area (Å²) in [6.45, 7) is 8.67. The van der Waals surface area contributed by atoms with Crippen LogP contribution in [-0.2, 0) is 4.74 Å². The van der Waals surface area contributed by atoms with Crippen LogP contribution in [0.1, 0.15) is 65.7 Å². The minimum atomic E-state index is 0.365. The van der Waals surface area contributed by atoms with Gasteiger partial charge in [-0.2, -0.15) is 0 Å². The first-order chi connectivity index (χ1) is 8.18. The minimum Gasteiger partial charge on any atom is -0.377 e. The molecule has 1 fully saturated rings. The van der Waals surface area contributed by atoms with E-state index >= 15 is 0 Å². The highest BCUT2D eigenvalue weighted by Crippen LogP contribution is 2.17. The normalized spacial score (nSPS) is 19.8. The average molecular weight is 241 g/mol. The summed E-state index contributed by atoms with van der Waals surface area (Å²) in [6.07, 6.45) is 9.81. The van der Waals surface area contributed by atoms with E-state index in [-0.39, 0.29) is 0 Å². The lowest BCUT2D eigenvalue weighted by Crippen LogP contribution is -2.36. The number of rotatable bonds is 8. The van der Waals surface area contributed by atoms with Crippen molar-refractivity contribution < 1.29 is 4.74 Å². The van der Waals surface area contributed by atoms with Crippen LogP contribution < -0.4 is 5.32 Å². The van der Waals surface area contributed by atoms with Crippen LogP contribution in [0.3, 0.4) is 0 Å². The summed E-state index contributed by atoms with van der Waals surface area (Å²) < 4.78 is 5.82. The van der Waals surface area contributed by atoms with Crippen LogP contribution in [0.2, 0.25) is 0 Å². The molecule has 1 atom stereocenters. The Morgan fingerprint density at radius 1 is 1.12 bits per heavy atom. The molecule has 102 valence electrons. The SMILES string of the molecule is CC(C)CCCOC(C)CNC1CCCCC1. The monoisotopic (exact) mass is 241 g/mol. The first kappa shape index (κ1) is 15.0. The van der Waals surface area contributed by atoms with Crippen molar-refractivity contribution in [3.05, 3.63) is 0 Å². The van der Waals surface area contributed by atoms with Crippen LogP contribution in [0.5, 0.6) is 0 Å². The third-order valence-electron chi connectivity index (χ3n) is 3.63. The molecular formula is C15H31NO. The Morgan fingerprint density at radius 2 is 1.82 bits per heavy atom. The van der Waals surface area contributed by atoms with Crippen LogP contribution >= 0.6 is 0 Å². The van der Waals surface area contributed by atoms with Gasteiger partial charge in [0.15, 0.2) is 0 Å². The molecule has 1 N–H and O–H groups in total. The smallest absolute Gasteiger partial charge is 0.0671 e. The van der Waals surface area contributed by atoms with E-state index in [1.807, 2.05) is 0 Å². The van der Waals surface area contributed by atoms with E-state index in [2.05, 4.69) is 26.1 Å². The second-order valence-electron chi connectivity index (χ2n) is 5.96. The fourth-order valence-corrected chi connectivity index (χ4v) is 2.47. The van der Waals surface area contributed by atoms with Crippen molar-refractivity contribution in [3.63, 3.8) is 0 Å². The predicted octanol–water partition coefficient (Wildman–Crippen LogP) is 3.75. The Bertz CT molecular complexity index is 176. The Labute approximate surface area is 108 Å². The van der Waals surface area contributed by atoms with Crippen LogP contribution in [0.15, 0.2) is 0 Å². The molecule has 17 heavy (non-hydrogen) atoms. The van der Waals surface area contributed by atoms with Gasteiger partial charge < -0.3 is 10.1 Å². The predicted molar refractivity (Wildman–Crippen MR) is 74.4 cm³/mol. The van der Waals surface area contributed by atoms with Crippen molar-refractivity contribution in [2.45, 2.75) is 77.9 Å². The Morgan fingerprint density at radius 3 is 2.47 bits per heavy atom. The highest BCUT2D eigenvalue weighted by atomic mass is 16.5. The summed E-state index contributed by atoms with van der Waals surface area (Å²) in [6, 6.07) is 0.755. The molecule has 1 rings (SSSR count). The molecule has 0 bridgehead atoms. The molecule has 0 aromatic heterocycles. The Hall–Kier alpha value is -0.0800. The van der Waals surface area contributed by atoms with Gasteiger partial charge in [0.2, 0.25) is 0 Å². The molecular weight excluding hydrogens is 210 g/mol. The molecule has 0 aliphatic heterocycles. The van der Waals surface area contributed by atoms with Gasteiger partial charge in [0, 0.05) is 19.2 Å². The maximum Gasteiger partial charge on any atom is 0.0671 e. The van der Waals surface area contributed by atoms with E-state index < -0.39 is 0 Å². The molecule has 0 amide bonds. The van der Waals surface area contributed by atoms with E-state index in [0.29, 0.717) is 6.10 Å². The molecule has 1 unspecified atom stereocenters. The van der Waals surface area contributed by atoms with Gasteiger partial charge in [-0.3, -0.25) is 0 Å². The summed E-state index contributed by atoms with van der Waals surface area (Å²) in [7, 11) is 0. The van der Waals surface area contributed by atoms with Crippen molar-refractivity contribution in [3.8, 4) is 0 Å². The lowest BCUT2D eigenvalue weighted by molar-refractivity contribution is 0.0589. The molecule has 1 aliphatic rings. The average Bonchev–Trinajstić information content (AvgIpc) is 2.33. The molecule has 1 aliphatic carbocycles. The minimum absolute atomic E-state index is 0.365. The molecule has 2 heteroatoms. The van der Waals surface area contributed by atoms with Gasteiger partial charge in [-0.15, -0.1) is 0 Å². The summed E-state index contributed by atoms with van der Waals surface area (Å²) in [5.74, 6) is 0.800. The topological polar surface area (TPSA) is 21.3 Å². The summed E-state index contributed by atoms with van der Waals surface area (Å²) >= 11 is 0. The largest absolute Gasteiger partial charge is 0.377 e. The van der Waals surface area contributed by atoms with Gasteiger partial charge in [0.1, 0.15) is 0 Å². The first-order valence-electron chi connectivity index (χ1n) is 7.53. The fourth-order valence-electron chi connectivity index (χ4n) is 2.47. The van der Waals surface area contributed by atoms with Crippen molar-refractivity contribution in [1.82, 2.24) is 5.32 Å². The van der Waals surface area contributed by atoms with Gasteiger partial charge in [0.25, 0.3) is 0 Å². The van der Waals surface area contributed by atoms with Crippen LogP contribution in [0.25, 0.3) is 0 Å². The van der Waals surface area contributed by atoms with E-state index in [4.69, 9.17) is 4.74 Å². The molecule has 0 heterocycles. The van der Waals surface area contributed by atoms with E-state index in [9.17, 15) is 0 Å². The van der Waals surface area contributed by atoms with Gasteiger partial charge in [-0.25, -0.2) is 0 Å². The maximum absolute atomic E-state index is 5.82. The van der Waals surface area contributed by atoms with Crippen LogP contribution in [0.4, 0.5) is 0 Å². The number of hydrogen-bond donors (Lipinski definition) is 1. The molecule has 2 nitrogen and oxygen atoms in total. The zero-order valence-electron chi connectivity index (χ0n) is 12.0. The van der Waals surface area contributed by atoms with Crippen LogP contribution in [0, 0.1) is 5.92 Å². The highest BCUT2D eigenvalue weighted by Gasteiger charge is 2.13. The quantitative estimate of drug-likeness (QED) is 0.653. The summed E-state index contributed by atoms with van der Waals surface area (Å²) in [4.78, 5) is 0.